The van der Waals surface area contributed by atoms with Crippen LogP contribution in [0.5, 0.6) is 5.75 Å². The SMILES string of the molecule is O=C(O)[C@@H]1CCCC[C@H]1C(=O)Nc1cnn(COc2ccc(F)cc2Cl)c1. The molecule has 1 aliphatic carbocycles. The molecule has 1 amide bonds. The second-order valence-electron chi connectivity index (χ2n) is 6.44. The number of anilines is 1. The highest BCUT2D eigenvalue weighted by Crippen LogP contribution is 2.31. The van der Waals surface area contributed by atoms with E-state index in [4.69, 9.17) is 16.3 Å². The first kappa shape index (κ1) is 19.2. The smallest absolute Gasteiger partial charge is 0.307 e. The Morgan fingerprint density at radius 3 is 2.78 bits per heavy atom. The van der Waals surface area contributed by atoms with Crippen molar-refractivity contribution in [1.82, 2.24) is 9.78 Å². The van der Waals surface area contributed by atoms with Crippen molar-refractivity contribution in [2.24, 2.45) is 11.8 Å². The molecule has 2 aromatic rings. The number of aliphatic carboxylic acids is 1. The number of hydrogen-bond acceptors (Lipinski definition) is 4. The Kier molecular flexibility index (Phi) is 5.95. The van der Waals surface area contributed by atoms with E-state index in [1.165, 1.54) is 23.0 Å². The number of carboxylic acids is 1. The molecular weight excluding hydrogens is 377 g/mol. The third kappa shape index (κ3) is 4.77. The van der Waals surface area contributed by atoms with Crippen LogP contribution in [0.3, 0.4) is 0 Å². The zero-order valence-electron chi connectivity index (χ0n) is 14.4. The first-order chi connectivity index (χ1) is 12.9. The Morgan fingerprint density at radius 1 is 1.33 bits per heavy atom. The van der Waals surface area contributed by atoms with E-state index in [1.807, 2.05) is 0 Å². The Hall–Kier alpha value is -2.61. The lowest BCUT2D eigenvalue weighted by atomic mass is 9.78. The topological polar surface area (TPSA) is 93.5 Å². The number of benzene rings is 1. The standard InChI is InChI=1S/C18H19ClFN3O4/c19-15-7-11(20)5-6-16(15)27-10-23-9-12(8-21-23)22-17(24)13-3-1-2-4-14(13)18(25)26/h5-9,13-14H,1-4,10H2,(H,22,24)(H,25,26)/t13-,14-/m1/s1. The molecule has 0 spiro atoms. The number of amides is 1. The minimum Gasteiger partial charge on any atom is -0.481 e. The first-order valence-corrected chi connectivity index (χ1v) is 8.96. The van der Waals surface area contributed by atoms with Crippen LogP contribution in [-0.4, -0.2) is 26.8 Å². The van der Waals surface area contributed by atoms with Gasteiger partial charge >= 0.3 is 5.97 Å². The van der Waals surface area contributed by atoms with Gasteiger partial charge in [-0.2, -0.15) is 5.10 Å². The second-order valence-corrected chi connectivity index (χ2v) is 6.85. The van der Waals surface area contributed by atoms with E-state index in [0.717, 1.165) is 18.9 Å². The van der Waals surface area contributed by atoms with Crippen LogP contribution < -0.4 is 10.1 Å². The highest BCUT2D eigenvalue weighted by atomic mass is 35.5. The summed E-state index contributed by atoms with van der Waals surface area (Å²) in [5.41, 5.74) is 0.448. The quantitative estimate of drug-likeness (QED) is 0.780. The number of carbonyl (C=O) groups is 2. The zero-order chi connectivity index (χ0) is 19.4. The molecule has 1 fully saturated rings. The number of carboxylic acid groups (broad SMARTS) is 1. The first-order valence-electron chi connectivity index (χ1n) is 8.58. The summed E-state index contributed by atoms with van der Waals surface area (Å²) in [6.45, 7) is 0.0163. The number of ether oxygens (including phenoxy) is 1. The van der Waals surface area contributed by atoms with Crippen LogP contribution in [0.15, 0.2) is 30.6 Å². The molecule has 0 radical (unpaired) electrons. The van der Waals surface area contributed by atoms with Gasteiger partial charge in [0.2, 0.25) is 5.91 Å². The third-order valence-electron chi connectivity index (χ3n) is 4.57. The maximum absolute atomic E-state index is 13.0. The molecule has 0 unspecified atom stereocenters. The minimum absolute atomic E-state index is 0.0163. The van der Waals surface area contributed by atoms with Gasteiger partial charge in [-0.05, 0) is 31.0 Å². The molecule has 1 aromatic heterocycles. The van der Waals surface area contributed by atoms with Crippen LogP contribution >= 0.6 is 11.6 Å². The van der Waals surface area contributed by atoms with Gasteiger partial charge in [0.1, 0.15) is 11.6 Å². The highest BCUT2D eigenvalue weighted by molar-refractivity contribution is 6.32. The van der Waals surface area contributed by atoms with Crippen molar-refractivity contribution >= 4 is 29.2 Å². The molecule has 0 saturated heterocycles. The van der Waals surface area contributed by atoms with Crippen LogP contribution in [-0.2, 0) is 16.3 Å². The van der Waals surface area contributed by atoms with Crippen molar-refractivity contribution in [3.63, 3.8) is 0 Å². The van der Waals surface area contributed by atoms with Crippen molar-refractivity contribution in [2.45, 2.75) is 32.4 Å². The van der Waals surface area contributed by atoms with Crippen LogP contribution in [0.25, 0.3) is 0 Å². The lowest BCUT2D eigenvalue weighted by Crippen LogP contribution is -2.35. The molecule has 1 aromatic carbocycles. The predicted octanol–water partition coefficient (Wildman–Crippen LogP) is 3.54. The maximum Gasteiger partial charge on any atom is 0.307 e. The zero-order valence-corrected chi connectivity index (χ0v) is 15.2. The van der Waals surface area contributed by atoms with Gasteiger partial charge in [0.15, 0.2) is 6.73 Å². The number of rotatable bonds is 6. The van der Waals surface area contributed by atoms with Crippen molar-refractivity contribution in [3.8, 4) is 5.75 Å². The Morgan fingerprint density at radius 2 is 2.07 bits per heavy atom. The van der Waals surface area contributed by atoms with Gasteiger partial charge in [0, 0.05) is 0 Å². The number of carbonyl (C=O) groups excluding carboxylic acids is 1. The molecular formula is C18H19ClFN3O4. The molecule has 2 N–H and O–H groups in total. The van der Waals surface area contributed by atoms with Crippen molar-refractivity contribution < 1.29 is 23.8 Å². The summed E-state index contributed by atoms with van der Waals surface area (Å²) in [6, 6.07) is 3.80. The van der Waals surface area contributed by atoms with Gasteiger partial charge in [-0.15, -0.1) is 0 Å². The summed E-state index contributed by atoms with van der Waals surface area (Å²) in [6.07, 6.45) is 5.75. The summed E-state index contributed by atoms with van der Waals surface area (Å²) in [5.74, 6) is -2.60. The van der Waals surface area contributed by atoms with Crippen molar-refractivity contribution in [2.75, 3.05) is 5.32 Å². The number of hydrogen-bond donors (Lipinski definition) is 2. The number of nitrogens with one attached hydrogen (secondary N) is 1. The van der Waals surface area contributed by atoms with E-state index in [-0.39, 0.29) is 17.7 Å². The van der Waals surface area contributed by atoms with Crippen molar-refractivity contribution in [1.29, 1.82) is 0 Å². The Labute approximate surface area is 160 Å². The summed E-state index contributed by atoms with van der Waals surface area (Å²) in [7, 11) is 0. The summed E-state index contributed by atoms with van der Waals surface area (Å²) >= 11 is 5.90. The van der Waals surface area contributed by atoms with Crippen molar-refractivity contribution in [3.05, 3.63) is 41.4 Å². The van der Waals surface area contributed by atoms with Crippen LogP contribution in [0.1, 0.15) is 25.7 Å². The molecule has 2 atom stereocenters. The lowest BCUT2D eigenvalue weighted by Gasteiger charge is -2.27. The van der Waals surface area contributed by atoms with Gasteiger partial charge in [0.25, 0.3) is 0 Å². The van der Waals surface area contributed by atoms with Gasteiger partial charge in [-0.1, -0.05) is 24.4 Å². The molecule has 0 bridgehead atoms. The van der Waals surface area contributed by atoms with E-state index in [9.17, 15) is 19.1 Å². The van der Waals surface area contributed by atoms with E-state index in [0.29, 0.717) is 24.3 Å². The lowest BCUT2D eigenvalue weighted by molar-refractivity contribution is -0.147. The fraction of sp³-hybridized carbons (Fsp3) is 0.389. The van der Waals surface area contributed by atoms with E-state index in [2.05, 4.69) is 10.4 Å². The largest absolute Gasteiger partial charge is 0.481 e. The summed E-state index contributed by atoms with van der Waals surface area (Å²) < 4.78 is 19.9. The van der Waals surface area contributed by atoms with E-state index < -0.39 is 23.6 Å². The highest BCUT2D eigenvalue weighted by Gasteiger charge is 2.35. The Balaban J connectivity index is 1.58. The molecule has 0 aliphatic heterocycles. The molecule has 7 nitrogen and oxygen atoms in total. The normalized spacial score (nSPS) is 19.5. The molecule has 1 heterocycles. The number of aromatic nitrogens is 2. The summed E-state index contributed by atoms with van der Waals surface area (Å²) in [5, 5.41) is 16.2. The third-order valence-corrected chi connectivity index (χ3v) is 4.86. The van der Waals surface area contributed by atoms with Gasteiger partial charge in [-0.3, -0.25) is 9.59 Å². The van der Waals surface area contributed by atoms with E-state index >= 15 is 0 Å². The van der Waals surface area contributed by atoms with Gasteiger partial charge < -0.3 is 15.2 Å². The minimum atomic E-state index is -0.935. The maximum atomic E-state index is 13.0. The average Bonchev–Trinajstić information content (AvgIpc) is 3.08. The second kappa shape index (κ2) is 8.39. The average molecular weight is 396 g/mol. The fourth-order valence-electron chi connectivity index (χ4n) is 3.20. The number of nitrogens with zero attached hydrogens (tertiary/aromatic N) is 2. The monoisotopic (exact) mass is 395 g/mol. The molecule has 1 aliphatic rings. The fourth-order valence-corrected chi connectivity index (χ4v) is 3.42. The number of halogens is 2. The molecule has 144 valence electrons. The van der Waals surface area contributed by atoms with Crippen LogP contribution in [0, 0.1) is 17.7 Å². The summed E-state index contributed by atoms with van der Waals surface area (Å²) in [4.78, 5) is 23.8. The molecule has 1 saturated carbocycles. The van der Waals surface area contributed by atoms with Crippen LogP contribution in [0.2, 0.25) is 5.02 Å². The predicted molar refractivity (Wildman–Crippen MR) is 96.0 cm³/mol. The molecule has 27 heavy (non-hydrogen) atoms. The van der Waals surface area contributed by atoms with E-state index in [1.54, 1.807) is 6.20 Å². The Bertz CT molecular complexity index is 842. The van der Waals surface area contributed by atoms with Gasteiger partial charge in [0.05, 0.1) is 34.9 Å². The van der Waals surface area contributed by atoms with Crippen LogP contribution in [0.4, 0.5) is 10.1 Å². The molecule has 9 heteroatoms. The molecule has 3 rings (SSSR count). The van der Waals surface area contributed by atoms with Gasteiger partial charge in [-0.25, -0.2) is 9.07 Å².